The molecule has 0 aliphatic carbocycles. The van der Waals surface area contributed by atoms with Gasteiger partial charge in [0.25, 0.3) is 11.0 Å². The summed E-state index contributed by atoms with van der Waals surface area (Å²) in [5.41, 5.74) is 5.74. The van der Waals surface area contributed by atoms with E-state index < -0.39 is 11.2 Å². The molecule has 0 bridgehead atoms. The van der Waals surface area contributed by atoms with Crippen LogP contribution in [-0.2, 0) is 23.8 Å². The molecule has 0 spiro atoms. The molecular weight excluding hydrogens is 314 g/mol. The smallest absolute Gasteiger partial charge is 0.432 e. The van der Waals surface area contributed by atoms with E-state index in [4.69, 9.17) is 10.5 Å². The van der Waals surface area contributed by atoms with Gasteiger partial charge in [-0.2, -0.15) is 0 Å². The molecule has 1 aliphatic heterocycles. The molecule has 0 saturated carbocycles. The van der Waals surface area contributed by atoms with Gasteiger partial charge in [0.05, 0.1) is 13.2 Å². The Bertz CT molecular complexity index is 398. The zero-order valence-electron chi connectivity index (χ0n) is 12.7. The Morgan fingerprint density at radius 3 is 2.43 bits per heavy atom. The molecule has 0 radical (unpaired) electrons. The SMILES string of the molecule is NC1CCN(C(=O)COC(=O)OCCOCCO[N+](=O)[O-])CC1. The summed E-state index contributed by atoms with van der Waals surface area (Å²) < 4.78 is 14.3. The second kappa shape index (κ2) is 10.6. The highest BCUT2D eigenvalue weighted by molar-refractivity contribution is 5.79. The largest absolute Gasteiger partial charge is 0.508 e. The Kier molecular flexibility index (Phi) is 8.68. The van der Waals surface area contributed by atoms with Crippen LogP contribution >= 0.6 is 0 Å². The maximum atomic E-state index is 11.8. The fourth-order valence-corrected chi connectivity index (χ4v) is 1.86. The molecule has 1 heterocycles. The van der Waals surface area contributed by atoms with Gasteiger partial charge in [-0.25, -0.2) is 4.79 Å². The molecule has 2 N–H and O–H groups in total. The molecule has 0 aromatic rings. The highest BCUT2D eigenvalue weighted by atomic mass is 17.0. The lowest BCUT2D eigenvalue weighted by Gasteiger charge is -2.29. The van der Waals surface area contributed by atoms with Crippen LogP contribution in [0.4, 0.5) is 4.79 Å². The predicted molar refractivity (Wildman–Crippen MR) is 74.9 cm³/mol. The Balaban J connectivity index is 1.99. The first-order valence-electron chi connectivity index (χ1n) is 7.17. The van der Waals surface area contributed by atoms with Crippen LogP contribution in [0.3, 0.4) is 0 Å². The quantitative estimate of drug-likeness (QED) is 0.250. The van der Waals surface area contributed by atoms with Crippen molar-refractivity contribution in [1.29, 1.82) is 0 Å². The maximum Gasteiger partial charge on any atom is 0.508 e. The summed E-state index contributed by atoms with van der Waals surface area (Å²) in [5.74, 6) is -0.290. The van der Waals surface area contributed by atoms with Crippen LogP contribution in [0.5, 0.6) is 0 Å². The van der Waals surface area contributed by atoms with Gasteiger partial charge in [-0.05, 0) is 12.8 Å². The summed E-state index contributed by atoms with van der Waals surface area (Å²) in [6.07, 6.45) is 0.485. The van der Waals surface area contributed by atoms with Crippen LogP contribution in [0, 0.1) is 10.1 Å². The van der Waals surface area contributed by atoms with Crippen molar-refractivity contribution in [2.24, 2.45) is 5.73 Å². The standard InChI is InChI=1S/C12H21N3O8/c13-10-1-3-14(4-2-10)11(16)9-22-12(17)21-7-5-20-6-8-23-15(18)19/h10H,1-9,13H2. The van der Waals surface area contributed by atoms with Crippen LogP contribution in [0.2, 0.25) is 0 Å². The molecule has 1 fully saturated rings. The summed E-state index contributed by atoms with van der Waals surface area (Å²) in [6.45, 7) is 0.459. The van der Waals surface area contributed by atoms with Crippen molar-refractivity contribution in [3.05, 3.63) is 10.1 Å². The van der Waals surface area contributed by atoms with Gasteiger partial charge in [-0.3, -0.25) is 4.79 Å². The molecule has 23 heavy (non-hydrogen) atoms. The Morgan fingerprint density at radius 1 is 1.13 bits per heavy atom. The molecule has 11 heteroatoms. The minimum absolute atomic E-state index is 0.00499. The third-order valence-corrected chi connectivity index (χ3v) is 3.08. The summed E-state index contributed by atoms with van der Waals surface area (Å²) in [4.78, 5) is 38.5. The van der Waals surface area contributed by atoms with Crippen molar-refractivity contribution >= 4 is 12.1 Å². The lowest BCUT2D eigenvalue weighted by molar-refractivity contribution is -0.758. The number of carbonyl (C=O) groups is 2. The Hall–Kier alpha value is -2.14. The van der Waals surface area contributed by atoms with Crippen LogP contribution < -0.4 is 5.73 Å². The van der Waals surface area contributed by atoms with E-state index in [0.29, 0.717) is 13.1 Å². The van der Waals surface area contributed by atoms with E-state index in [1.807, 2.05) is 0 Å². The van der Waals surface area contributed by atoms with Crippen molar-refractivity contribution in [2.75, 3.05) is 46.1 Å². The van der Waals surface area contributed by atoms with Gasteiger partial charge >= 0.3 is 6.16 Å². The summed E-state index contributed by atoms with van der Waals surface area (Å²) >= 11 is 0. The molecule has 0 atom stereocenters. The normalized spacial score (nSPS) is 15.1. The third kappa shape index (κ3) is 8.78. The minimum Gasteiger partial charge on any atom is -0.432 e. The number of nitrogens with zero attached hydrogens (tertiary/aromatic N) is 2. The number of likely N-dealkylation sites (tertiary alicyclic amines) is 1. The highest BCUT2D eigenvalue weighted by Crippen LogP contribution is 2.08. The van der Waals surface area contributed by atoms with Crippen molar-refractivity contribution < 1.29 is 33.7 Å². The summed E-state index contributed by atoms with van der Waals surface area (Å²) in [6, 6.07) is 0.112. The molecule has 1 aliphatic rings. The van der Waals surface area contributed by atoms with Gasteiger partial charge in [-0.1, -0.05) is 0 Å². The average Bonchev–Trinajstić information content (AvgIpc) is 2.52. The first-order valence-corrected chi connectivity index (χ1v) is 7.17. The number of carbonyl (C=O) groups excluding carboxylic acids is 2. The van der Waals surface area contributed by atoms with Gasteiger partial charge < -0.3 is 29.7 Å². The van der Waals surface area contributed by atoms with Gasteiger partial charge in [-0.15, -0.1) is 10.1 Å². The zero-order chi connectivity index (χ0) is 17.1. The monoisotopic (exact) mass is 335 g/mol. The Labute approximate surface area is 132 Å². The van der Waals surface area contributed by atoms with E-state index in [-0.39, 0.29) is 45.0 Å². The topological polar surface area (TPSA) is 143 Å². The molecule has 1 saturated heterocycles. The molecule has 132 valence electrons. The van der Waals surface area contributed by atoms with Crippen LogP contribution in [0.1, 0.15) is 12.8 Å². The van der Waals surface area contributed by atoms with Gasteiger partial charge in [0.15, 0.2) is 6.61 Å². The maximum absolute atomic E-state index is 11.8. The number of hydrogen-bond acceptors (Lipinski definition) is 9. The second-order valence-corrected chi connectivity index (χ2v) is 4.77. The van der Waals surface area contributed by atoms with Gasteiger partial charge in [0, 0.05) is 19.1 Å². The van der Waals surface area contributed by atoms with Gasteiger partial charge in [0.1, 0.15) is 13.2 Å². The number of ether oxygens (including phenoxy) is 3. The molecule has 1 rings (SSSR count). The van der Waals surface area contributed by atoms with Crippen molar-refractivity contribution in [1.82, 2.24) is 4.90 Å². The molecule has 0 aromatic heterocycles. The van der Waals surface area contributed by atoms with E-state index in [0.717, 1.165) is 12.8 Å². The number of nitrogens with two attached hydrogens (primary N) is 1. The molecule has 11 nitrogen and oxygen atoms in total. The minimum atomic E-state index is -0.975. The highest BCUT2D eigenvalue weighted by Gasteiger charge is 2.21. The van der Waals surface area contributed by atoms with Gasteiger partial charge in [0.2, 0.25) is 0 Å². The predicted octanol–water partition coefficient (Wildman–Crippen LogP) is -0.686. The fourth-order valence-electron chi connectivity index (χ4n) is 1.86. The van der Waals surface area contributed by atoms with Crippen LogP contribution in [-0.4, -0.2) is 74.2 Å². The number of amides is 1. The van der Waals surface area contributed by atoms with Crippen molar-refractivity contribution in [3.8, 4) is 0 Å². The van der Waals surface area contributed by atoms with E-state index in [2.05, 4.69) is 14.3 Å². The zero-order valence-corrected chi connectivity index (χ0v) is 12.7. The number of hydrogen-bond donors (Lipinski definition) is 1. The first-order chi connectivity index (χ1) is 11.0. The average molecular weight is 335 g/mol. The van der Waals surface area contributed by atoms with Crippen molar-refractivity contribution in [3.63, 3.8) is 0 Å². The Morgan fingerprint density at radius 2 is 1.78 bits per heavy atom. The van der Waals surface area contributed by atoms with Crippen molar-refractivity contribution in [2.45, 2.75) is 18.9 Å². The second-order valence-electron chi connectivity index (χ2n) is 4.77. The molecular formula is C12H21N3O8. The molecule has 0 unspecified atom stereocenters. The first kappa shape index (κ1) is 18.9. The number of rotatable bonds is 9. The van der Waals surface area contributed by atoms with Crippen LogP contribution in [0.15, 0.2) is 0 Å². The summed E-state index contributed by atoms with van der Waals surface area (Å²) in [7, 11) is 0. The van der Waals surface area contributed by atoms with E-state index in [1.54, 1.807) is 4.90 Å². The third-order valence-electron chi connectivity index (χ3n) is 3.08. The lowest BCUT2D eigenvalue weighted by Crippen LogP contribution is -2.44. The summed E-state index contributed by atoms with van der Waals surface area (Å²) in [5, 5.41) is 8.91. The van der Waals surface area contributed by atoms with E-state index >= 15 is 0 Å². The number of piperidine rings is 1. The van der Waals surface area contributed by atoms with E-state index in [9.17, 15) is 19.7 Å². The molecule has 0 aromatic carbocycles. The molecule has 1 amide bonds. The fraction of sp³-hybridized carbons (Fsp3) is 0.833. The lowest BCUT2D eigenvalue weighted by atomic mass is 10.1. The van der Waals surface area contributed by atoms with Crippen LogP contribution in [0.25, 0.3) is 0 Å². The van der Waals surface area contributed by atoms with E-state index in [1.165, 1.54) is 0 Å².